The van der Waals surface area contributed by atoms with Crippen LogP contribution in [0.2, 0.25) is 0 Å². The van der Waals surface area contributed by atoms with Crippen molar-refractivity contribution in [2.24, 2.45) is 5.92 Å². The van der Waals surface area contributed by atoms with E-state index in [1.807, 2.05) is 34.7 Å². The Kier molecular flexibility index (Phi) is 7.35. The van der Waals surface area contributed by atoms with Crippen LogP contribution in [0.1, 0.15) is 61.3 Å². The van der Waals surface area contributed by atoms with Crippen LogP contribution >= 0.6 is 22.6 Å². The van der Waals surface area contributed by atoms with Gasteiger partial charge in [-0.15, -0.1) is 0 Å². The zero-order chi connectivity index (χ0) is 16.3. The number of halogens is 1. The Morgan fingerprint density at radius 1 is 1.10 bits per heavy atom. The fraction of sp³-hybridized carbons (Fsp3) is 0.875. The molecule has 0 radical (unpaired) electrons. The van der Waals surface area contributed by atoms with Crippen LogP contribution in [0.15, 0.2) is 0 Å². The van der Waals surface area contributed by atoms with E-state index in [2.05, 4.69) is 48.3 Å². The first kappa shape index (κ1) is 20.0. The van der Waals surface area contributed by atoms with Gasteiger partial charge in [0.1, 0.15) is 5.78 Å². The second-order valence-corrected chi connectivity index (χ2v) is 9.99. The van der Waals surface area contributed by atoms with Crippen molar-refractivity contribution in [1.29, 1.82) is 0 Å². The van der Waals surface area contributed by atoms with Crippen molar-refractivity contribution in [2.45, 2.75) is 76.3 Å². The van der Waals surface area contributed by atoms with E-state index in [0.29, 0.717) is 12.8 Å². The Morgan fingerprint density at radius 3 is 1.85 bits per heavy atom. The number of hydrogen-bond donors (Lipinski definition) is 0. The van der Waals surface area contributed by atoms with Gasteiger partial charge in [0.2, 0.25) is 0 Å². The molecule has 0 bridgehead atoms. The zero-order valence-electron chi connectivity index (χ0n) is 14.2. The number of carbonyl (C=O) groups is 2. The molecule has 0 aromatic heterocycles. The predicted molar refractivity (Wildman–Crippen MR) is 93.5 cm³/mol. The molecular weight excluding hydrogens is 365 g/mol. The molecule has 0 amide bonds. The number of hydrogen-bond acceptors (Lipinski definition) is 3. The molecular formula is C16H30INO2. The fourth-order valence-electron chi connectivity index (χ4n) is 1.94. The summed E-state index contributed by atoms with van der Waals surface area (Å²) in [5, 5.41) is 0. The highest BCUT2D eigenvalue weighted by Gasteiger charge is 2.33. The van der Waals surface area contributed by atoms with Crippen molar-refractivity contribution in [2.75, 3.05) is 7.05 Å². The first-order valence-corrected chi connectivity index (χ1v) is 8.35. The standard InChI is InChI=1S/C16H30INO2/c1-11(2)14(20)12(18(8)15(3,4)5)9-10-13(19)16(6,7)17/h11-12H,9-10H2,1-8H3. The Bertz CT molecular complexity index is 350. The van der Waals surface area contributed by atoms with E-state index in [4.69, 9.17) is 0 Å². The van der Waals surface area contributed by atoms with Crippen LogP contribution in [0.5, 0.6) is 0 Å². The van der Waals surface area contributed by atoms with Crippen molar-refractivity contribution < 1.29 is 9.59 Å². The van der Waals surface area contributed by atoms with Gasteiger partial charge in [-0.05, 0) is 48.1 Å². The number of Topliss-reactive ketones (excluding diaryl/α,β-unsaturated/α-hetero) is 2. The first-order valence-electron chi connectivity index (χ1n) is 7.27. The van der Waals surface area contributed by atoms with E-state index in [9.17, 15) is 9.59 Å². The van der Waals surface area contributed by atoms with Crippen molar-refractivity contribution in [3.8, 4) is 0 Å². The lowest BCUT2D eigenvalue weighted by molar-refractivity contribution is -0.129. The average Bonchev–Trinajstić information content (AvgIpc) is 2.25. The molecule has 0 rings (SSSR count). The van der Waals surface area contributed by atoms with Crippen LogP contribution in [0, 0.1) is 5.92 Å². The number of likely N-dealkylation sites (N-methyl/N-ethyl adjacent to an activating group) is 1. The third-order valence-electron chi connectivity index (χ3n) is 3.73. The lowest BCUT2D eigenvalue weighted by Crippen LogP contribution is -2.50. The van der Waals surface area contributed by atoms with Gasteiger partial charge in [0, 0.05) is 17.9 Å². The number of ketones is 2. The maximum atomic E-state index is 12.4. The largest absolute Gasteiger partial charge is 0.298 e. The van der Waals surface area contributed by atoms with E-state index in [-0.39, 0.29) is 32.5 Å². The summed E-state index contributed by atoms with van der Waals surface area (Å²) in [6, 6.07) is -0.183. The van der Waals surface area contributed by atoms with Crippen LogP contribution in [0.4, 0.5) is 0 Å². The van der Waals surface area contributed by atoms with Gasteiger partial charge in [-0.2, -0.15) is 0 Å². The topological polar surface area (TPSA) is 37.4 Å². The zero-order valence-corrected chi connectivity index (χ0v) is 16.4. The number of carbonyl (C=O) groups excluding carboxylic acids is 2. The van der Waals surface area contributed by atoms with E-state index in [1.165, 1.54) is 0 Å². The van der Waals surface area contributed by atoms with E-state index in [0.717, 1.165) is 0 Å². The minimum Gasteiger partial charge on any atom is -0.298 e. The lowest BCUT2D eigenvalue weighted by atomic mass is 9.91. The summed E-state index contributed by atoms with van der Waals surface area (Å²) in [5.41, 5.74) is -0.0852. The van der Waals surface area contributed by atoms with E-state index < -0.39 is 0 Å². The van der Waals surface area contributed by atoms with Gasteiger partial charge >= 0.3 is 0 Å². The predicted octanol–water partition coefficient (Wildman–Crippen LogP) is 3.87. The van der Waals surface area contributed by atoms with Gasteiger partial charge < -0.3 is 0 Å². The van der Waals surface area contributed by atoms with Crippen molar-refractivity contribution in [1.82, 2.24) is 4.90 Å². The summed E-state index contributed by atoms with van der Waals surface area (Å²) < 4.78 is -0.358. The number of alkyl halides is 1. The summed E-state index contributed by atoms with van der Waals surface area (Å²) in [7, 11) is 1.98. The summed E-state index contributed by atoms with van der Waals surface area (Å²) in [4.78, 5) is 26.6. The van der Waals surface area contributed by atoms with Crippen molar-refractivity contribution in [3.63, 3.8) is 0 Å². The maximum Gasteiger partial charge on any atom is 0.152 e. The molecule has 1 atom stereocenters. The molecule has 0 aromatic rings. The molecule has 20 heavy (non-hydrogen) atoms. The molecule has 0 spiro atoms. The van der Waals surface area contributed by atoms with Crippen LogP contribution in [-0.2, 0) is 9.59 Å². The maximum absolute atomic E-state index is 12.4. The summed E-state index contributed by atoms with van der Waals surface area (Å²) in [6.07, 6.45) is 1.07. The molecule has 118 valence electrons. The molecule has 0 aliphatic rings. The van der Waals surface area contributed by atoms with Crippen LogP contribution in [0.25, 0.3) is 0 Å². The summed E-state index contributed by atoms with van der Waals surface area (Å²) >= 11 is 2.17. The van der Waals surface area contributed by atoms with Crippen LogP contribution in [-0.4, -0.2) is 38.5 Å². The minimum atomic E-state index is -0.358. The Balaban J connectivity index is 4.99. The molecule has 0 aromatic carbocycles. The van der Waals surface area contributed by atoms with E-state index in [1.54, 1.807) is 0 Å². The molecule has 0 aliphatic heterocycles. The highest BCUT2D eigenvalue weighted by molar-refractivity contribution is 14.1. The molecule has 1 unspecified atom stereocenters. The summed E-state index contributed by atoms with van der Waals surface area (Å²) in [5.74, 6) is 0.427. The fourth-order valence-corrected chi connectivity index (χ4v) is 2.21. The molecule has 4 heteroatoms. The Hall–Kier alpha value is 0.0300. The van der Waals surface area contributed by atoms with Crippen molar-refractivity contribution in [3.05, 3.63) is 0 Å². The normalized spacial score (nSPS) is 14.8. The molecule has 0 aliphatic carbocycles. The van der Waals surface area contributed by atoms with Crippen molar-refractivity contribution >= 4 is 34.2 Å². The SMILES string of the molecule is CC(C)C(=O)C(CCC(=O)C(C)(C)I)N(C)C(C)(C)C. The smallest absolute Gasteiger partial charge is 0.152 e. The van der Waals surface area contributed by atoms with Gasteiger partial charge in [-0.1, -0.05) is 36.4 Å². The first-order chi connectivity index (χ1) is 8.78. The van der Waals surface area contributed by atoms with Gasteiger partial charge in [0.05, 0.1) is 9.46 Å². The Morgan fingerprint density at radius 2 is 1.55 bits per heavy atom. The highest BCUT2D eigenvalue weighted by Crippen LogP contribution is 2.24. The van der Waals surface area contributed by atoms with Gasteiger partial charge in [-0.25, -0.2) is 0 Å². The van der Waals surface area contributed by atoms with Gasteiger partial charge in [-0.3, -0.25) is 14.5 Å². The Labute approximate surface area is 138 Å². The molecule has 3 nitrogen and oxygen atoms in total. The third-order valence-corrected chi connectivity index (χ3v) is 4.33. The second kappa shape index (κ2) is 7.34. The number of nitrogens with zero attached hydrogens (tertiary/aromatic N) is 1. The lowest BCUT2D eigenvalue weighted by Gasteiger charge is -2.38. The minimum absolute atomic E-state index is 0.00693. The quantitative estimate of drug-likeness (QED) is 0.485. The number of rotatable bonds is 7. The molecule has 0 saturated carbocycles. The molecule has 0 N–H and O–H groups in total. The monoisotopic (exact) mass is 395 g/mol. The summed E-state index contributed by atoms with van der Waals surface area (Å²) in [6.45, 7) is 14.0. The highest BCUT2D eigenvalue weighted by atomic mass is 127. The van der Waals surface area contributed by atoms with Crippen LogP contribution < -0.4 is 0 Å². The second-order valence-electron chi connectivity index (χ2n) is 7.29. The molecule has 0 saturated heterocycles. The van der Waals surface area contributed by atoms with Gasteiger partial charge in [0.15, 0.2) is 5.78 Å². The molecule has 0 heterocycles. The molecule has 0 fully saturated rings. The van der Waals surface area contributed by atoms with Crippen LogP contribution in [0.3, 0.4) is 0 Å². The van der Waals surface area contributed by atoms with E-state index >= 15 is 0 Å². The average molecular weight is 395 g/mol. The third kappa shape index (κ3) is 6.20. The van der Waals surface area contributed by atoms with Gasteiger partial charge in [0.25, 0.3) is 0 Å².